The number of likely N-dealkylation sites (tertiary alicyclic amines) is 1. The van der Waals surface area contributed by atoms with Gasteiger partial charge in [-0.25, -0.2) is 0 Å². The number of rotatable bonds is 1. The smallest absolute Gasteiger partial charge is 0.241 e. The number of aliphatic hydroxyl groups is 1. The fraction of sp³-hybridized carbons (Fsp3) is 0.385. The third kappa shape index (κ3) is 0.921. The van der Waals surface area contributed by atoms with Crippen LogP contribution >= 0.6 is 0 Å². The number of hydrogen-bond acceptors (Lipinski definition) is 4. The molecular weight excluding hydrogens is 234 g/mol. The lowest BCUT2D eigenvalue weighted by molar-refractivity contribution is -0.176. The number of methoxy groups -OCH3 is 1. The molecule has 0 saturated carbocycles. The van der Waals surface area contributed by atoms with Crippen molar-refractivity contribution in [2.45, 2.75) is 17.7 Å². The van der Waals surface area contributed by atoms with Crippen molar-refractivity contribution in [3.63, 3.8) is 0 Å². The Morgan fingerprint density at radius 1 is 1.33 bits per heavy atom. The summed E-state index contributed by atoms with van der Waals surface area (Å²) in [6.07, 6.45) is -0.139. The molecule has 0 radical (unpaired) electrons. The molecule has 1 saturated heterocycles. The maximum absolute atomic E-state index is 12.5. The zero-order valence-electron chi connectivity index (χ0n) is 10.1. The van der Waals surface area contributed by atoms with E-state index in [-0.39, 0.29) is 18.1 Å². The van der Waals surface area contributed by atoms with Crippen LogP contribution in [0, 0.1) is 0 Å². The summed E-state index contributed by atoms with van der Waals surface area (Å²) in [5, 5.41) is 10.8. The maximum Gasteiger partial charge on any atom is 0.241 e. The Labute approximate surface area is 104 Å². The molecule has 94 valence electrons. The van der Waals surface area contributed by atoms with E-state index in [4.69, 9.17) is 4.74 Å². The second kappa shape index (κ2) is 3.18. The van der Waals surface area contributed by atoms with E-state index in [0.717, 1.165) is 0 Å². The Morgan fingerprint density at radius 2 is 2.00 bits per heavy atom. The summed E-state index contributed by atoms with van der Waals surface area (Å²) >= 11 is 0. The number of fused-ring (bicyclic) bond motifs is 3. The van der Waals surface area contributed by atoms with Gasteiger partial charge in [0.2, 0.25) is 17.4 Å². The molecule has 1 aromatic carbocycles. The summed E-state index contributed by atoms with van der Waals surface area (Å²) in [5.41, 5.74) is -2.33. The molecule has 1 amide bonds. The summed E-state index contributed by atoms with van der Waals surface area (Å²) in [6.45, 7) is 0. The summed E-state index contributed by atoms with van der Waals surface area (Å²) in [4.78, 5) is 25.6. The highest BCUT2D eigenvalue weighted by Gasteiger charge is 2.72. The number of Topliss-reactive ketones (excluding diaryl/α,β-unsaturated/α-hetero) is 1. The van der Waals surface area contributed by atoms with E-state index in [2.05, 4.69) is 0 Å². The number of hydrogen-bond donors (Lipinski definition) is 1. The van der Waals surface area contributed by atoms with Crippen molar-refractivity contribution in [3.8, 4) is 0 Å². The lowest BCUT2D eigenvalue weighted by Gasteiger charge is -2.37. The Balaban J connectivity index is 2.34. The Kier molecular flexibility index (Phi) is 2.01. The summed E-state index contributed by atoms with van der Waals surface area (Å²) < 4.78 is 5.31. The predicted molar refractivity (Wildman–Crippen MR) is 61.8 cm³/mol. The van der Waals surface area contributed by atoms with Crippen LogP contribution < -0.4 is 0 Å². The van der Waals surface area contributed by atoms with Crippen LogP contribution in [0.15, 0.2) is 24.3 Å². The lowest BCUT2D eigenvalue weighted by atomic mass is 9.89. The molecule has 5 nitrogen and oxygen atoms in total. The molecule has 2 aliphatic rings. The molecule has 0 spiro atoms. The average Bonchev–Trinajstić information content (AvgIpc) is 2.69. The van der Waals surface area contributed by atoms with E-state index in [1.54, 1.807) is 24.3 Å². The number of ketones is 1. The van der Waals surface area contributed by atoms with Crippen LogP contribution in [0.3, 0.4) is 0 Å². The Bertz CT molecular complexity index is 570. The van der Waals surface area contributed by atoms with Gasteiger partial charge in [0.05, 0.1) is 6.42 Å². The van der Waals surface area contributed by atoms with Gasteiger partial charge in [-0.1, -0.05) is 24.3 Å². The lowest BCUT2D eigenvalue weighted by Crippen LogP contribution is -2.58. The fourth-order valence-corrected chi connectivity index (χ4v) is 3.15. The van der Waals surface area contributed by atoms with Crippen molar-refractivity contribution in [1.29, 1.82) is 0 Å². The molecular formula is C13H13NO4. The van der Waals surface area contributed by atoms with Crippen molar-refractivity contribution in [3.05, 3.63) is 35.4 Å². The van der Waals surface area contributed by atoms with Crippen molar-refractivity contribution >= 4 is 11.7 Å². The van der Waals surface area contributed by atoms with Crippen molar-refractivity contribution in [2.24, 2.45) is 0 Å². The van der Waals surface area contributed by atoms with Gasteiger partial charge in [-0.3, -0.25) is 9.59 Å². The molecule has 0 unspecified atom stereocenters. The molecule has 1 heterocycles. The number of benzene rings is 1. The van der Waals surface area contributed by atoms with Crippen LogP contribution in [0.1, 0.15) is 22.3 Å². The molecule has 0 aromatic heterocycles. The molecule has 1 aliphatic heterocycles. The van der Waals surface area contributed by atoms with E-state index < -0.39 is 11.3 Å². The molecule has 1 N–H and O–H groups in total. The molecule has 2 atom stereocenters. The maximum atomic E-state index is 12.5. The van der Waals surface area contributed by atoms with Crippen LogP contribution in [-0.4, -0.2) is 41.6 Å². The third-order valence-corrected chi connectivity index (χ3v) is 4.03. The highest BCUT2D eigenvalue weighted by atomic mass is 16.5. The number of nitrogens with zero attached hydrogens (tertiary/aromatic N) is 1. The van der Waals surface area contributed by atoms with Gasteiger partial charge in [0.1, 0.15) is 0 Å². The zero-order chi connectivity index (χ0) is 13.1. The zero-order valence-corrected chi connectivity index (χ0v) is 10.1. The van der Waals surface area contributed by atoms with E-state index in [1.807, 2.05) is 0 Å². The van der Waals surface area contributed by atoms with Crippen LogP contribution in [0.4, 0.5) is 0 Å². The van der Waals surface area contributed by atoms with Gasteiger partial charge in [0.15, 0.2) is 5.60 Å². The number of amides is 1. The monoisotopic (exact) mass is 247 g/mol. The predicted octanol–water partition coefficient (Wildman–Crippen LogP) is 0.275. The SMILES string of the molecule is CO[C@@]12C(=O)c3ccccc3[C@]1(O)CC(=O)N2C. The first kappa shape index (κ1) is 11.4. The summed E-state index contributed by atoms with van der Waals surface area (Å²) in [5.74, 6) is -0.668. The van der Waals surface area contributed by atoms with E-state index in [9.17, 15) is 14.7 Å². The first-order chi connectivity index (χ1) is 8.49. The first-order valence-electron chi connectivity index (χ1n) is 5.67. The number of likely N-dealkylation sites (N-methyl/N-ethyl adjacent to an activating group) is 1. The number of carbonyl (C=O) groups excluding carboxylic acids is 2. The second-order valence-corrected chi connectivity index (χ2v) is 4.71. The average molecular weight is 247 g/mol. The Hall–Kier alpha value is -1.72. The quantitative estimate of drug-likeness (QED) is 0.773. The van der Waals surface area contributed by atoms with Gasteiger partial charge in [0.25, 0.3) is 0 Å². The molecule has 5 heteroatoms. The van der Waals surface area contributed by atoms with Gasteiger partial charge < -0.3 is 14.7 Å². The molecule has 1 aliphatic carbocycles. The van der Waals surface area contributed by atoms with E-state index in [0.29, 0.717) is 11.1 Å². The van der Waals surface area contributed by atoms with Crippen LogP contribution in [-0.2, 0) is 15.1 Å². The normalized spacial score (nSPS) is 33.8. The molecule has 18 heavy (non-hydrogen) atoms. The van der Waals surface area contributed by atoms with E-state index in [1.165, 1.54) is 19.1 Å². The topological polar surface area (TPSA) is 66.8 Å². The molecule has 1 fully saturated rings. The minimum atomic E-state index is -1.62. The minimum Gasteiger partial charge on any atom is -0.379 e. The minimum absolute atomic E-state index is 0.139. The van der Waals surface area contributed by atoms with Crippen molar-refractivity contribution in [1.82, 2.24) is 4.90 Å². The van der Waals surface area contributed by atoms with Gasteiger partial charge in [-0.2, -0.15) is 0 Å². The van der Waals surface area contributed by atoms with Gasteiger partial charge >= 0.3 is 0 Å². The fourth-order valence-electron chi connectivity index (χ4n) is 3.15. The molecule has 1 aromatic rings. The number of carbonyl (C=O) groups is 2. The van der Waals surface area contributed by atoms with E-state index >= 15 is 0 Å². The van der Waals surface area contributed by atoms with Crippen molar-refractivity contribution < 1.29 is 19.4 Å². The highest BCUT2D eigenvalue weighted by molar-refractivity contribution is 6.12. The third-order valence-electron chi connectivity index (χ3n) is 4.03. The Morgan fingerprint density at radius 3 is 2.67 bits per heavy atom. The summed E-state index contributed by atoms with van der Waals surface area (Å²) in [7, 11) is 2.82. The summed E-state index contributed by atoms with van der Waals surface area (Å²) in [6, 6.07) is 6.78. The first-order valence-corrected chi connectivity index (χ1v) is 5.67. The standard InChI is InChI=1S/C13H13NO4/c1-14-10(15)7-12(17)9-6-4-3-5-8(9)11(16)13(12,14)18-2/h3-6,17H,7H2,1-2H3/t12-,13+/m1/s1. The molecule has 0 bridgehead atoms. The van der Waals surface area contributed by atoms with Gasteiger partial charge in [0, 0.05) is 25.3 Å². The van der Waals surface area contributed by atoms with Crippen molar-refractivity contribution in [2.75, 3.05) is 14.2 Å². The van der Waals surface area contributed by atoms with Crippen LogP contribution in [0.5, 0.6) is 0 Å². The largest absolute Gasteiger partial charge is 0.379 e. The molecule has 3 rings (SSSR count). The number of ether oxygens (including phenoxy) is 1. The van der Waals surface area contributed by atoms with Gasteiger partial charge in [-0.05, 0) is 0 Å². The highest BCUT2D eigenvalue weighted by Crippen LogP contribution is 2.53. The van der Waals surface area contributed by atoms with Crippen LogP contribution in [0.25, 0.3) is 0 Å². The second-order valence-electron chi connectivity index (χ2n) is 4.71. The van der Waals surface area contributed by atoms with Gasteiger partial charge in [-0.15, -0.1) is 0 Å². The van der Waals surface area contributed by atoms with Crippen LogP contribution in [0.2, 0.25) is 0 Å².